The van der Waals surface area contributed by atoms with E-state index in [1.54, 1.807) is 0 Å². The molecular weight excluding hydrogens is 226 g/mol. The molecule has 0 radical (unpaired) electrons. The van der Waals surface area contributed by atoms with Crippen molar-refractivity contribution in [1.29, 1.82) is 0 Å². The second-order valence-electron chi connectivity index (χ2n) is 4.24. The van der Waals surface area contributed by atoms with Crippen molar-refractivity contribution in [1.82, 2.24) is 0 Å². The van der Waals surface area contributed by atoms with Crippen LogP contribution in [0.2, 0.25) is 0 Å². The largest absolute Gasteiger partial charge is 0.426 e. The molecule has 0 spiro atoms. The molecule has 0 aliphatic carbocycles. The van der Waals surface area contributed by atoms with Crippen molar-refractivity contribution >= 4 is 0 Å². The second-order valence-corrected chi connectivity index (χ2v) is 4.24. The molecule has 0 unspecified atom stereocenters. The molecule has 0 atom stereocenters. The van der Waals surface area contributed by atoms with Crippen LogP contribution in [0.25, 0.3) is 0 Å². The SMILES string of the molecule is CC(C)(C)OC(C)(C(F)(F)F)C(F)(F)F. The summed E-state index contributed by atoms with van der Waals surface area (Å²) in [4.78, 5) is 0. The van der Waals surface area contributed by atoms with Crippen LogP contribution in [0.1, 0.15) is 27.7 Å². The Morgan fingerprint density at radius 3 is 1.00 bits per heavy atom. The normalized spacial score (nSPS) is 15.6. The van der Waals surface area contributed by atoms with Gasteiger partial charge in [-0.25, -0.2) is 0 Å². The standard InChI is InChI=1S/C8H12F6O/c1-5(2,3)15-6(4,7(9,10)11)8(12,13)14/h1-4H3. The van der Waals surface area contributed by atoms with Gasteiger partial charge in [0.05, 0.1) is 5.60 Å². The van der Waals surface area contributed by atoms with Crippen LogP contribution in [-0.2, 0) is 4.74 Å². The van der Waals surface area contributed by atoms with Crippen LogP contribution in [-0.4, -0.2) is 23.6 Å². The highest BCUT2D eigenvalue weighted by atomic mass is 19.4. The molecule has 15 heavy (non-hydrogen) atoms. The summed E-state index contributed by atoms with van der Waals surface area (Å²) in [5, 5.41) is 0. The lowest BCUT2D eigenvalue weighted by molar-refractivity contribution is -0.391. The van der Waals surface area contributed by atoms with E-state index in [2.05, 4.69) is 4.74 Å². The number of halogens is 6. The number of ether oxygens (including phenoxy) is 1. The molecule has 0 aromatic rings. The van der Waals surface area contributed by atoms with Crippen molar-refractivity contribution in [2.24, 2.45) is 0 Å². The van der Waals surface area contributed by atoms with Crippen LogP contribution < -0.4 is 0 Å². The van der Waals surface area contributed by atoms with Gasteiger partial charge in [0, 0.05) is 0 Å². The van der Waals surface area contributed by atoms with Crippen molar-refractivity contribution in [3.05, 3.63) is 0 Å². The maximum Gasteiger partial charge on any atom is 0.426 e. The molecule has 7 heteroatoms. The molecule has 0 bridgehead atoms. The average molecular weight is 238 g/mol. The van der Waals surface area contributed by atoms with Crippen LogP contribution in [0, 0.1) is 0 Å². The first-order chi connectivity index (χ1) is 6.21. The van der Waals surface area contributed by atoms with Crippen molar-refractivity contribution < 1.29 is 31.1 Å². The van der Waals surface area contributed by atoms with Gasteiger partial charge < -0.3 is 4.74 Å². The molecule has 0 saturated heterocycles. The van der Waals surface area contributed by atoms with E-state index in [4.69, 9.17) is 0 Å². The Labute approximate surface area is 83.4 Å². The summed E-state index contributed by atoms with van der Waals surface area (Å²) in [5.74, 6) is 0. The third-order valence-corrected chi connectivity index (χ3v) is 1.59. The molecule has 0 aromatic carbocycles. The van der Waals surface area contributed by atoms with E-state index < -0.39 is 23.6 Å². The Bertz CT molecular complexity index is 207. The Morgan fingerprint density at radius 1 is 0.667 bits per heavy atom. The zero-order valence-corrected chi connectivity index (χ0v) is 8.68. The molecule has 0 saturated carbocycles. The fourth-order valence-electron chi connectivity index (χ4n) is 0.889. The predicted molar refractivity (Wildman–Crippen MR) is 41.4 cm³/mol. The molecule has 92 valence electrons. The molecule has 0 fully saturated rings. The van der Waals surface area contributed by atoms with Crippen LogP contribution in [0.4, 0.5) is 26.3 Å². The lowest BCUT2D eigenvalue weighted by atomic mass is 10.0. The molecular formula is C8H12F6O. The van der Waals surface area contributed by atoms with Gasteiger partial charge in [-0.3, -0.25) is 0 Å². The zero-order valence-electron chi connectivity index (χ0n) is 8.68. The summed E-state index contributed by atoms with van der Waals surface area (Å²) in [7, 11) is 0. The van der Waals surface area contributed by atoms with Crippen molar-refractivity contribution in [2.45, 2.75) is 51.2 Å². The fourth-order valence-corrected chi connectivity index (χ4v) is 0.889. The lowest BCUT2D eigenvalue weighted by Crippen LogP contribution is -2.59. The van der Waals surface area contributed by atoms with Crippen molar-refractivity contribution in [2.75, 3.05) is 0 Å². The Kier molecular flexibility index (Phi) is 3.43. The first-order valence-electron chi connectivity index (χ1n) is 4.04. The monoisotopic (exact) mass is 238 g/mol. The molecule has 0 rings (SSSR count). The third-order valence-electron chi connectivity index (χ3n) is 1.59. The van der Waals surface area contributed by atoms with E-state index in [1.165, 1.54) is 0 Å². The molecule has 0 N–H and O–H groups in total. The summed E-state index contributed by atoms with van der Waals surface area (Å²) in [6.45, 7) is 3.37. The van der Waals surface area contributed by atoms with Crippen molar-refractivity contribution in [3.63, 3.8) is 0 Å². The summed E-state index contributed by atoms with van der Waals surface area (Å²) < 4.78 is 77.8. The van der Waals surface area contributed by atoms with Crippen LogP contribution in [0.15, 0.2) is 0 Å². The number of hydrogen-bond donors (Lipinski definition) is 0. The third kappa shape index (κ3) is 3.25. The fraction of sp³-hybridized carbons (Fsp3) is 1.00. The Balaban J connectivity index is 5.26. The highest BCUT2D eigenvalue weighted by Crippen LogP contribution is 2.47. The van der Waals surface area contributed by atoms with Crippen LogP contribution >= 0.6 is 0 Å². The van der Waals surface area contributed by atoms with E-state index in [-0.39, 0.29) is 6.92 Å². The number of alkyl halides is 6. The Hall–Kier alpha value is -0.460. The van der Waals surface area contributed by atoms with E-state index in [0.717, 1.165) is 20.8 Å². The minimum atomic E-state index is -5.50. The number of rotatable bonds is 1. The highest BCUT2D eigenvalue weighted by Gasteiger charge is 2.70. The maximum atomic E-state index is 12.3. The van der Waals surface area contributed by atoms with E-state index in [0.29, 0.717) is 0 Å². The predicted octanol–water partition coefficient (Wildman–Crippen LogP) is 3.68. The van der Waals surface area contributed by atoms with Crippen molar-refractivity contribution in [3.8, 4) is 0 Å². The van der Waals surface area contributed by atoms with Gasteiger partial charge >= 0.3 is 12.4 Å². The molecule has 0 aromatic heterocycles. The van der Waals surface area contributed by atoms with Gasteiger partial charge in [0.15, 0.2) is 0 Å². The summed E-state index contributed by atoms with van der Waals surface area (Å²) in [6, 6.07) is 0. The van der Waals surface area contributed by atoms with Gasteiger partial charge in [-0.05, 0) is 27.7 Å². The average Bonchev–Trinajstić information content (AvgIpc) is 1.77. The highest BCUT2D eigenvalue weighted by molar-refractivity contribution is 4.93. The van der Waals surface area contributed by atoms with Gasteiger partial charge in [0.1, 0.15) is 0 Å². The van der Waals surface area contributed by atoms with Gasteiger partial charge in [-0.2, -0.15) is 26.3 Å². The quantitative estimate of drug-likeness (QED) is 0.633. The topological polar surface area (TPSA) is 9.23 Å². The zero-order chi connectivity index (χ0) is 12.7. The maximum absolute atomic E-state index is 12.3. The lowest BCUT2D eigenvalue weighted by Gasteiger charge is -2.38. The summed E-state index contributed by atoms with van der Waals surface area (Å²) in [6.07, 6.45) is -11.0. The molecule has 1 nitrogen and oxygen atoms in total. The minimum Gasteiger partial charge on any atom is -0.352 e. The van der Waals surface area contributed by atoms with E-state index >= 15 is 0 Å². The smallest absolute Gasteiger partial charge is 0.352 e. The summed E-state index contributed by atoms with van der Waals surface area (Å²) >= 11 is 0. The number of hydrogen-bond acceptors (Lipinski definition) is 1. The molecule has 0 aliphatic rings. The first-order valence-corrected chi connectivity index (χ1v) is 4.04. The van der Waals surface area contributed by atoms with E-state index in [1.807, 2.05) is 0 Å². The van der Waals surface area contributed by atoms with Gasteiger partial charge in [-0.1, -0.05) is 0 Å². The van der Waals surface area contributed by atoms with Crippen LogP contribution in [0.5, 0.6) is 0 Å². The molecule has 0 heterocycles. The first kappa shape index (κ1) is 14.5. The van der Waals surface area contributed by atoms with E-state index in [9.17, 15) is 26.3 Å². The Morgan fingerprint density at radius 2 is 0.933 bits per heavy atom. The molecule has 0 amide bonds. The van der Waals surface area contributed by atoms with Gasteiger partial charge in [-0.15, -0.1) is 0 Å². The van der Waals surface area contributed by atoms with Gasteiger partial charge in [0.2, 0.25) is 0 Å². The van der Waals surface area contributed by atoms with Gasteiger partial charge in [0.25, 0.3) is 5.60 Å². The minimum absolute atomic E-state index is 0.0156. The van der Waals surface area contributed by atoms with Crippen LogP contribution in [0.3, 0.4) is 0 Å². The molecule has 0 aliphatic heterocycles. The summed E-state index contributed by atoms with van der Waals surface area (Å²) in [5.41, 5.74) is -5.68. The second kappa shape index (κ2) is 3.54.